The van der Waals surface area contributed by atoms with E-state index in [0.717, 1.165) is 33.3 Å². The second-order valence-electron chi connectivity index (χ2n) is 6.34. The zero-order chi connectivity index (χ0) is 17.2. The molecule has 25 heavy (non-hydrogen) atoms. The van der Waals surface area contributed by atoms with Crippen molar-refractivity contribution in [2.45, 2.75) is 25.8 Å². The van der Waals surface area contributed by atoms with Gasteiger partial charge in [-0.2, -0.15) is 4.98 Å². The van der Waals surface area contributed by atoms with Crippen molar-refractivity contribution in [3.8, 4) is 11.3 Å². The molecule has 0 atom stereocenters. The van der Waals surface area contributed by atoms with Crippen LogP contribution in [0.15, 0.2) is 54.6 Å². The van der Waals surface area contributed by atoms with Gasteiger partial charge in [0, 0.05) is 28.4 Å². The Balaban J connectivity index is 1.68. The molecule has 1 saturated carbocycles. The van der Waals surface area contributed by atoms with Gasteiger partial charge in [-0.3, -0.25) is 0 Å². The molecule has 126 valence electrons. The number of anilines is 3. The first kappa shape index (κ1) is 15.9. The molecule has 4 nitrogen and oxygen atoms in total. The summed E-state index contributed by atoms with van der Waals surface area (Å²) in [6.45, 7) is 1.98. The number of benzene rings is 2. The topological polar surface area (TPSA) is 49.8 Å². The summed E-state index contributed by atoms with van der Waals surface area (Å²) in [5.74, 6) is 1.40. The van der Waals surface area contributed by atoms with Crippen molar-refractivity contribution < 1.29 is 0 Å². The fourth-order valence-electron chi connectivity index (χ4n) is 2.57. The van der Waals surface area contributed by atoms with Crippen LogP contribution in [0.2, 0.25) is 5.02 Å². The third-order valence-electron chi connectivity index (χ3n) is 4.15. The summed E-state index contributed by atoms with van der Waals surface area (Å²) in [7, 11) is 0. The summed E-state index contributed by atoms with van der Waals surface area (Å²) in [4.78, 5) is 9.28. The highest BCUT2D eigenvalue weighted by molar-refractivity contribution is 6.31. The van der Waals surface area contributed by atoms with Crippen LogP contribution in [0.25, 0.3) is 11.3 Å². The first-order valence-electron chi connectivity index (χ1n) is 8.41. The standard InChI is InChI=1S/C20H19ClN4/c1-13-7-8-16(11-17(13)21)23-20-24-18(14-5-3-2-4-6-14)12-19(25-20)22-15-9-10-15/h2-8,11-12,15H,9-10H2,1H3,(H2,22,23,24,25). The summed E-state index contributed by atoms with van der Waals surface area (Å²) in [5, 5.41) is 7.45. The Kier molecular flexibility index (Phi) is 4.28. The molecule has 2 N–H and O–H groups in total. The predicted octanol–water partition coefficient (Wildman–Crippen LogP) is 5.42. The van der Waals surface area contributed by atoms with Crippen LogP contribution < -0.4 is 10.6 Å². The van der Waals surface area contributed by atoms with Gasteiger partial charge >= 0.3 is 0 Å². The van der Waals surface area contributed by atoms with Crippen molar-refractivity contribution in [1.29, 1.82) is 0 Å². The molecular formula is C20H19ClN4. The number of aryl methyl sites for hydroxylation is 1. The van der Waals surface area contributed by atoms with Crippen molar-refractivity contribution in [1.82, 2.24) is 9.97 Å². The molecule has 0 aliphatic heterocycles. The predicted molar refractivity (Wildman–Crippen MR) is 104 cm³/mol. The van der Waals surface area contributed by atoms with E-state index in [0.29, 0.717) is 12.0 Å². The number of nitrogens with one attached hydrogen (secondary N) is 2. The zero-order valence-corrected chi connectivity index (χ0v) is 14.7. The first-order valence-corrected chi connectivity index (χ1v) is 8.79. The fraction of sp³-hybridized carbons (Fsp3) is 0.200. The van der Waals surface area contributed by atoms with Crippen LogP contribution in [0.1, 0.15) is 18.4 Å². The van der Waals surface area contributed by atoms with Gasteiger partial charge < -0.3 is 10.6 Å². The minimum absolute atomic E-state index is 0.528. The quantitative estimate of drug-likeness (QED) is 0.644. The monoisotopic (exact) mass is 350 g/mol. The fourth-order valence-corrected chi connectivity index (χ4v) is 2.75. The number of rotatable bonds is 5. The molecule has 1 aliphatic rings. The van der Waals surface area contributed by atoms with Crippen LogP contribution >= 0.6 is 11.6 Å². The third-order valence-corrected chi connectivity index (χ3v) is 4.56. The van der Waals surface area contributed by atoms with Crippen molar-refractivity contribution >= 4 is 29.1 Å². The van der Waals surface area contributed by atoms with Crippen LogP contribution in [-0.4, -0.2) is 16.0 Å². The van der Waals surface area contributed by atoms with Crippen molar-refractivity contribution in [3.05, 3.63) is 65.2 Å². The van der Waals surface area contributed by atoms with Crippen molar-refractivity contribution in [3.63, 3.8) is 0 Å². The van der Waals surface area contributed by atoms with Gasteiger partial charge in [0.05, 0.1) is 5.69 Å². The van der Waals surface area contributed by atoms with Gasteiger partial charge in [0.2, 0.25) is 5.95 Å². The Bertz CT molecular complexity index is 891. The average molecular weight is 351 g/mol. The summed E-state index contributed by atoms with van der Waals surface area (Å²) < 4.78 is 0. The Morgan fingerprint density at radius 3 is 2.52 bits per heavy atom. The maximum atomic E-state index is 6.22. The van der Waals surface area contributed by atoms with Gasteiger partial charge in [-0.1, -0.05) is 48.0 Å². The third kappa shape index (κ3) is 3.91. The summed E-state index contributed by atoms with van der Waals surface area (Å²) >= 11 is 6.22. The van der Waals surface area contributed by atoms with Crippen LogP contribution in [0.3, 0.4) is 0 Å². The molecule has 0 spiro atoms. The highest BCUT2D eigenvalue weighted by Crippen LogP contribution is 2.28. The molecule has 0 radical (unpaired) electrons. The molecule has 4 rings (SSSR count). The van der Waals surface area contributed by atoms with E-state index in [1.807, 2.05) is 49.4 Å². The SMILES string of the molecule is Cc1ccc(Nc2nc(NC3CC3)cc(-c3ccccc3)n2)cc1Cl. The molecule has 0 amide bonds. The summed E-state index contributed by atoms with van der Waals surface area (Å²) in [6.07, 6.45) is 2.39. The highest BCUT2D eigenvalue weighted by Gasteiger charge is 2.22. The van der Waals surface area contributed by atoms with Crippen LogP contribution in [-0.2, 0) is 0 Å². The zero-order valence-electron chi connectivity index (χ0n) is 14.0. The maximum Gasteiger partial charge on any atom is 0.229 e. The summed E-state index contributed by atoms with van der Waals surface area (Å²) in [6, 6.07) is 18.5. The van der Waals surface area contributed by atoms with E-state index >= 15 is 0 Å². The number of nitrogens with zero attached hydrogens (tertiary/aromatic N) is 2. The van der Waals surface area contributed by atoms with E-state index in [9.17, 15) is 0 Å². The van der Waals surface area contributed by atoms with Gasteiger partial charge in [0.15, 0.2) is 0 Å². The lowest BCUT2D eigenvalue weighted by Gasteiger charge is -2.12. The Morgan fingerprint density at radius 1 is 1.00 bits per heavy atom. The Morgan fingerprint density at radius 2 is 1.80 bits per heavy atom. The summed E-state index contributed by atoms with van der Waals surface area (Å²) in [5.41, 5.74) is 3.87. The first-order chi connectivity index (χ1) is 12.2. The molecule has 0 saturated heterocycles. The lowest BCUT2D eigenvalue weighted by atomic mass is 10.1. The Labute approximate surface area is 152 Å². The van der Waals surface area contributed by atoms with E-state index in [4.69, 9.17) is 11.6 Å². The second kappa shape index (κ2) is 6.73. The number of aromatic nitrogens is 2. The van der Waals surface area contributed by atoms with Gasteiger partial charge in [-0.25, -0.2) is 4.98 Å². The van der Waals surface area contributed by atoms with E-state index in [-0.39, 0.29) is 0 Å². The molecule has 0 unspecified atom stereocenters. The molecule has 1 aromatic heterocycles. The van der Waals surface area contributed by atoms with Crippen molar-refractivity contribution in [2.24, 2.45) is 0 Å². The molecule has 1 fully saturated rings. The Hall–Kier alpha value is -2.59. The molecule has 5 heteroatoms. The molecule has 1 heterocycles. The van der Waals surface area contributed by atoms with Gasteiger partial charge in [-0.05, 0) is 37.5 Å². The molecular weight excluding hydrogens is 332 g/mol. The smallest absolute Gasteiger partial charge is 0.229 e. The normalized spacial score (nSPS) is 13.5. The van der Waals surface area contributed by atoms with Gasteiger partial charge in [-0.15, -0.1) is 0 Å². The molecule has 3 aromatic rings. The van der Waals surface area contributed by atoms with Crippen LogP contribution in [0, 0.1) is 6.92 Å². The number of hydrogen-bond acceptors (Lipinski definition) is 4. The number of halogens is 1. The lowest BCUT2D eigenvalue weighted by Crippen LogP contribution is -2.07. The van der Waals surface area contributed by atoms with Crippen LogP contribution in [0.5, 0.6) is 0 Å². The number of hydrogen-bond donors (Lipinski definition) is 2. The lowest BCUT2D eigenvalue weighted by molar-refractivity contribution is 1.09. The van der Waals surface area contributed by atoms with Crippen molar-refractivity contribution in [2.75, 3.05) is 10.6 Å². The largest absolute Gasteiger partial charge is 0.367 e. The second-order valence-corrected chi connectivity index (χ2v) is 6.74. The molecule has 0 bridgehead atoms. The minimum atomic E-state index is 0.528. The minimum Gasteiger partial charge on any atom is -0.367 e. The molecule has 1 aliphatic carbocycles. The molecule has 2 aromatic carbocycles. The van der Waals surface area contributed by atoms with Crippen LogP contribution in [0.4, 0.5) is 17.5 Å². The average Bonchev–Trinajstić information content (AvgIpc) is 3.43. The maximum absolute atomic E-state index is 6.22. The van der Waals surface area contributed by atoms with E-state index in [1.54, 1.807) is 0 Å². The van der Waals surface area contributed by atoms with Gasteiger partial charge in [0.1, 0.15) is 5.82 Å². The van der Waals surface area contributed by atoms with Gasteiger partial charge in [0.25, 0.3) is 0 Å². The van der Waals surface area contributed by atoms with E-state index in [2.05, 4.69) is 32.7 Å². The van der Waals surface area contributed by atoms with E-state index in [1.165, 1.54) is 12.8 Å². The van der Waals surface area contributed by atoms with E-state index < -0.39 is 0 Å². The highest BCUT2D eigenvalue weighted by atomic mass is 35.5.